The van der Waals surface area contributed by atoms with Gasteiger partial charge in [-0.2, -0.15) is 0 Å². The molecule has 94 valence electrons. The van der Waals surface area contributed by atoms with E-state index >= 15 is 0 Å². The molecule has 1 aliphatic rings. The van der Waals surface area contributed by atoms with Gasteiger partial charge in [-0.25, -0.2) is 0 Å². The first-order chi connectivity index (χ1) is 8.33. The van der Waals surface area contributed by atoms with Crippen LogP contribution in [-0.4, -0.2) is 36.6 Å². The zero-order valence-corrected chi connectivity index (χ0v) is 9.76. The van der Waals surface area contributed by atoms with Crippen LogP contribution in [0.1, 0.15) is 23.7 Å². The SMILES string of the molecule is OCCOCCOc1cccc2c1CCC2O. The van der Waals surface area contributed by atoms with Gasteiger partial charge in [0, 0.05) is 5.56 Å². The molecular formula is C13H18O4. The molecule has 2 N–H and O–H groups in total. The fraction of sp³-hybridized carbons (Fsp3) is 0.538. The average Bonchev–Trinajstić information content (AvgIpc) is 2.72. The Kier molecular flexibility index (Phi) is 4.36. The minimum absolute atomic E-state index is 0.0347. The molecular weight excluding hydrogens is 220 g/mol. The van der Waals surface area contributed by atoms with Crippen molar-refractivity contribution in [1.29, 1.82) is 0 Å². The second-order valence-corrected chi connectivity index (χ2v) is 4.06. The number of aliphatic hydroxyl groups is 2. The van der Waals surface area contributed by atoms with Gasteiger partial charge >= 0.3 is 0 Å². The predicted octanol–water partition coefficient (Wildman–Crippen LogP) is 1.05. The molecule has 4 nitrogen and oxygen atoms in total. The van der Waals surface area contributed by atoms with Gasteiger partial charge in [0.2, 0.25) is 0 Å². The van der Waals surface area contributed by atoms with Crippen molar-refractivity contribution < 1.29 is 19.7 Å². The summed E-state index contributed by atoms with van der Waals surface area (Å²) in [5, 5.41) is 18.3. The highest BCUT2D eigenvalue weighted by Crippen LogP contribution is 2.36. The maximum Gasteiger partial charge on any atom is 0.122 e. The maximum absolute atomic E-state index is 9.74. The quantitative estimate of drug-likeness (QED) is 0.727. The van der Waals surface area contributed by atoms with Crippen LogP contribution in [0.3, 0.4) is 0 Å². The van der Waals surface area contributed by atoms with E-state index in [2.05, 4.69) is 0 Å². The van der Waals surface area contributed by atoms with Crippen molar-refractivity contribution in [2.75, 3.05) is 26.4 Å². The molecule has 1 atom stereocenters. The molecule has 0 amide bonds. The highest BCUT2D eigenvalue weighted by Gasteiger charge is 2.22. The number of rotatable bonds is 6. The molecule has 17 heavy (non-hydrogen) atoms. The Bertz CT molecular complexity index is 364. The third-order valence-electron chi connectivity index (χ3n) is 2.92. The second-order valence-electron chi connectivity index (χ2n) is 4.06. The van der Waals surface area contributed by atoms with E-state index in [1.807, 2.05) is 18.2 Å². The fourth-order valence-corrected chi connectivity index (χ4v) is 2.11. The van der Waals surface area contributed by atoms with E-state index in [4.69, 9.17) is 14.6 Å². The summed E-state index contributed by atoms with van der Waals surface area (Å²) >= 11 is 0. The molecule has 1 aromatic carbocycles. The minimum atomic E-state index is -0.348. The molecule has 0 heterocycles. The molecule has 0 radical (unpaired) electrons. The Hall–Kier alpha value is -1.10. The van der Waals surface area contributed by atoms with Gasteiger partial charge in [0.1, 0.15) is 12.4 Å². The van der Waals surface area contributed by atoms with E-state index in [-0.39, 0.29) is 12.7 Å². The molecule has 0 fully saturated rings. The standard InChI is InChI=1S/C13H18O4/c14-6-7-16-8-9-17-13-3-1-2-10-11(13)4-5-12(10)15/h1-3,12,14-15H,4-9H2. The average molecular weight is 238 g/mol. The highest BCUT2D eigenvalue weighted by atomic mass is 16.5. The zero-order chi connectivity index (χ0) is 12.1. The molecule has 1 aromatic rings. The summed E-state index contributed by atoms with van der Waals surface area (Å²) in [4.78, 5) is 0. The predicted molar refractivity (Wildman–Crippen MR) is 63.1 cm³/mol. The van der Waals surface area contributed by atoms with Crippen LogP contribution in [0.25, 0.3) is 0 Å². The monoisotopic (exact) mass is 238 g/mol. The maximum atomic E-state index is 9.74. The summed E-state index contributed by atoms with van der Waals surface area (Å²) in [6, 6.07) is 5.77. The summed E-state index contributed by atoms with van der Waals surface area (Å²) in [6.07, 6.45) is 1.29. The Morgan fingerprint density at radius 1 is 1.24 bits per heavy atom. The molecule has 0 saturated carbocycles. The Morgan fingerprint density at radius 3 is 2.94 bits per heavy atom. The largest absolute Gasteiger partial charge is 0.491 e. The minimum Gasteiger partial charge on any atom is -0.491 e. The summed E-state index contributed by atoms with van der Waals surface area (Å²) < 4.78 is 10.7. The molecule has 1 unspecified atom stereocenters. The van der Waals surface area contributed by atoms with Crippen molar-refractivity contribution in [3.05, 3.63) is 29.3 Å². The first-order valence-electron chi connectivity index (χ1n) is 5.94. The molecule has 4 heteroatoms. The van der Waals surface area contributed by atoms with Crippen LogP contribution in [0.15, 0.2) is 18.2 Å². The topological polar surface area (TPSA) is 58.9 Å². The number of benzene rings is 1. The molecule has 0 bridgehead atoms. The van der Waals surface area contributed by atoms with Crippen LogP contribution in [0, 0.1) is 0 Å². The van der Waals surface area contributed by atoms with Crippen molar-refractivity contribution in [2.24, 2.45) is 0 Å². The number of aliphatic hydroxyl groups excluding tert-OH is 2. The molecule has 0 spiro atoms. The lowest BCUT2D eigenvalue weighted by atomic mass is 10.1. The van der Waals surface area contributed by atoms with E-state index in [9.17, 15) is 5.11 Å². The van der Waals surface area contributed by atoms with E-state index in [0.717, 1.165) is 29.7 Å². The van der Waals surface area contributed by atoms with Crippen molar-refractivity contribution in [1.82, 2.24) is 0 Å². The van der Waals surface area contributed by atoms with Gasteiger partial charge in [-0.05, 0) is 24.5 Å². The summed E-state index contributed by atoms with van der Waals surface area (Å²) in [6.45, 7) is 1.31. The van der Waals surface area contributed by atoms with Gasteiger partial charge in [-0.1, -0.05) is 12.1 Å². The van der Waals surface area contributed by atoms with Gasteiger partial charge in [0.05, 0.1) is 25.9 Å². The smallest absolute Gasteiger partial charge is 0.122 e. The summed E-state index contributed by atoms with van der Waals surface area (Å²) in [5.74, 6) is 0.839. The van der Waals surface area contributed by atoms with E-state index in [1.54, 1.807) is 0 Å². The lowest BCUT2D eigenvalue weighted by Gasteiger charge is -2.11. The van der Waals surface area contributed by atoms with Gasteiger partial charge in [0.15, 0.2) is 0 Å². The van der Waals surface area contributed by atoms with Gasteiger partial charge in [-0.15, -0.1) is 0 Å². The van der Waals surface area contributed by atoms with Crippen molar-refractivity contribution in [3.8, 4) is 5.75 Å². The lowest BCUT2D eigenvalue weighted by molar-refractivity contribution is 0.0703. The van der Waals surface area contributed by atoms with Gasteiger partial charge < -0.3 is 19.7 Å². The lowest BCUT2D eigenvalue weighted by Crippen LogP contribution is -2.10. The van der Waals surface area contributed by atoms with Crippen LogP contribution in [0.2, 0.25) is 0 Å². The van der Waals surface area contributed by atoms with E-state index in [1.165, 1.54) is 0 Å². The first kappa shape index (κ1) is 12.4. The molecule has 0 aromatic heterocycles. The van der Waals surface area contributed by atoms with Crippen molar-refractivity contribution in [3.63, 3.8) is 0 Å². The van der Waals surface area contributed by atoms with Crippen molar-refractivity contribution >= 4 is 0 Å². The highest BCUT2D eigenvalue weighted by molar-refractivity contribution is 5.44. The number of hydrogen-bond acceptors (Lipinski definition) is 4. The van der Waals surface area contributed by atoms with Crippen LogP contribution >= 0.6 is 0 Å². The van der Waals surface area contributed by atoms with Gasteiger partial charge in [-0.3, -0.25) is 0 Å². The van der Waals surface area contributed by atoms with E-state index < -0.39 is 0 Å². The Labute approximate surface area is 101 Å². The van der Waals surface area contributed by atoms with Gasteiger partial charge in [0.25, 0.3) is 0 Å². The Morgan fingerprint density at radius 2 is 2.12 bits per heavy atom. The third-order valence-corrected chi connectivity index (χ3v) is 2.92. The molecule has 0 aliphatic heterocycles. The third kappa shape index (κ3) is 2.97. The van der Waals surface area contributed by atoms with Crippen LogP contribution in [0.5, 0.6) is 5.75 Å². The molecule has 2 rings (SSSR count). The molecule has 1 aliphatic carbocycles. The number of fused-ring (bicyclic) bond motifs is 1. The number of hydrogen-bond donors (Lipinski definition) is 2. The Balaban J connectivity index is 1.89. The number of ether oxygens (including phenoxy) is 2. The van der Waals surface area contributed by atoms with Crippen LogP contribution in [-0.2, 0) is 11.2 Å². The summed E-state index contributed by atoms with van der Waals surface area (Å²) in [7, 11) is 0. The van der Waals surface area contributed by atoms with Crippen LogP contribution < -0.4 is 4.74 Å². The zero-order valence-electron chi connectivity index (χ0n) is 9.76. The van der Waals surface area contributed by atoms with E-state index in [0.29, 0.717) is 19.8 Å². The summed E-state index contributed by atoms with van der Waals surface area (Å²) in [5.41, 5.74) is 2.10. The molecule has 0 saturated heterocycles. The van der Waals surface area contributed by atoms with Crippen molar-refractivity contribution in [2.45, 2.75) is 18.9 Å². The van der Waals surface area contributed by atoms with Crippen LogP contribution in [0.4, 0.5) is 0 Å². The fourth-order valence-electron chi connectivity index (χ4n) is 2.11. The second kappa shape index (κ2) is 6.00. The first-order valence-corrected chi connectivity index (χ1v) is 5.94. The normalized spacial score (nSPS) is 18.1.